The lowest BCUT2D eigenvalue weighted by Gasteiger charge is -2.52. The summed E-state index contributed by atoms with van der Waals surface area (Å²) in [6.45, 7) is 2.98. The summed E-state index contributed by atoms with van der Waals surface area (Å²) in [7, 11) is -2.08. The zero-order chi connectivity index (χ0) is 33.1. The Kier molecular flexibility index (Phi) is 9.21. The van der Waals surface area contributed by atoms with Gasteiger partial charge in [0.25, 0.3) is 5.91 Å². The number of hydrogen-bond acceptors (Lipinski definition) is 10. The first-order valence-corrected chi connectivity index (χ1v) is 15.4. The average molecular weight is 649 g/mol. The molecule has 3 amide bonds. The van der Waals surface area contributed by atoms with E-state index in [2.05, 4.69) is 10.6 Å². The van der Waals surface area contributed by atoms with Crippen molar-refractivity contribution >= 4 is 41.1 Å². The highest BCUT2D eigenvalue weighted by Crippen LogP contribution is 2.50. The lowest BCUT2D eigenvalue weighted by Crippen LogP contribution is -2.84. The van der Waals surface area contributed by atoms with Gasteiger partial charge < -0.3 is 30.6 Å². The number of benzene rings is 3. The maximum Gasteiger partial charge on any atom is 0.514 e. The van der Waals surface area contributed by atoms with Crippen LogP contribution in [-0.4, -0.2) is 61.3 Å². The molecule has 5 atom stereocenters. The Morgan fingerprint density at radius 1 is 0.935 bits per heavy atom. The molecule has 5 rings (SSSR count). The van der Waals surface area contributed by atoms with Gasteiger partial charge in [-0.2, -0.15) is 0 Å². The summed E-state index contributed by atoms with van der Waals surface area (Å²) in [5, 5.41) is 4.93. The van der Waals surface area contributed by atoms with Gasteiger partial charge in [0.2, 0.25) is 17.3 Å². The first-order chi connectivity index (χ1) is 22.0. The zero-order valence-electron chi connectivity index (χ0n) is 24.9. The number of rotatable bonds is 11. The second kappa shape index (κ2) is 13.1. The summed E-state index contributed by atoms with van der Waals surface area (Å²) < 4.78 is 28.2. The molecule has 0 bridgehead atoms. The molecular formula is C32H32N4O9S. The second-order valence-corrected chi connectivity index (χ2v) is 13.4. The van der Waals surface area contributed by atoms with E-state index in [4.69, 9.17) is 19.9 Å². The van der Waals surface area contributed by atoms with E-state index in [1.807, 2.05) is 24.3 Å². The van der Waals surface area contributed by atoms with Crippen LogP contribution in [0.3, 0.4) is 0 Å². The van der Waals surface area contributed by atoms with Crippen molar-refractivity contribution < 1.29 is 42.4 Å². The molecule has 14 heteroatoms. The number of β-lactam (4-membered cyclic amide) rings is 1. The van der Waals surface area contributed by atoms with Gasteiger partial charge in [0, 0.05) is 0 Å². The van der Waals surface area contributed by atoms with Crippen molar-refractivity contribution in [1.29, 1.82) is 0 Å². The number of fused-ring (bicyclic) bond motifs is 1. The average Bonchev–Trinajstić information content (AvgIpc) is 3.22. The number of carbonyl (C=O) groups excluding carboxylic acids is 5. The summed E-state index contributed by atoms with van der Waals surface area (Å²) in [5.41, 5.74) is 7.98. The lowest BCUT2D eigenvalue weighted by molar-refractivity contribution is -0.174. The van der Waals surface area contributed by atoms with E-state index in [1.54, 1.807) is 36.4 Å². The highest BCUT2D eigenvalue weighted by molar-refractivity contribution is 7.88. The number of amides is 3. The van der Waals surface area contributed by atoms with Crippen molar-refractivity contribution in [2.75, 3.05) is 0 Å². The van der Waals surface area contributed by atoms with Crippen LogP contribution in [0, 0.1) is 0 Å². The van der Waals surface area contributed by atoms with Gasteiger partial charge in [-0.25, -0.2) is 9.59 Å². The van der Waals surface area contributed by atoms with Crippen LogP contribution in [0.2, 0.25) is 0 Å². The Balaban J connectivity index is 1.24. The van der Waals surface area contributed by atoms with E-state index < -0.39 is 62.6 Å². The van der Waals surface area contributed by atoms with Gasteiger partial charge in [0.1, 0.15) is 31.0 Å². The van der Waals surface area contributed by atoms with E-state index in [0.717, 1.165) is 10.5 Å². The number of ether oxygens (including phenoxy) is 3. The van der Waals surface area contributed by atoms with Crippen LogP contribution in [0.1, 0.15) is 36.6 Å². The summed E-state index contributed by atoms with van der Waals surface area (Å²) >= 11 is 0. The Morgan fingerprint density at radius 3 is 2.07 bits per heavy atom. The third-order valence-corrected chi connectivity index (χ3v) is 10.1. The molecule has 2 saturated heterocycles. The molecule has 2 aliphatic rings. The molecule has 0 spiro atoms. The first kappa shape index (κ1) is 32.3. The van der Waals surface area contributed by atoms with Crippen molar-refractivity contribution in [2.45, 2.75) is 54.9 Å². The number of hydrogen-bond donors (Lipinski definition) is 3. The molecule has 3 aromatic carbocycles. The Hall–Kier alpha value is -5.08. The summed E-state index contributed by atoms with van der Waals surface area (Å²) in [6.07, 6.45) is -0.664. The molecule has 2 fully saturated rings. The maximum atomic E-state index is 13.9. The van der Waals surface area contributed by atoms with Gasteiger partial charge in [-0.1, -0.05) is 72.8 Å². The normalized spacial score (nSPS) is 23.2. The molecule has 3 aromatic rings. The Labute approximate surface area is 266 Å². The van der Waals surface area contributed by atoms with Gasteiger partial charge in [0.15, 0.2) is 6.04 Å². The summed E-state index contributed by atoms with van der Waals surface area (Å²) in [6, 6.07) is 19.6. The van der Waals surface area contributed by atoms with Crippen LogP contribution >= 0.6 is 0 Å². The minimum absolute atomic E-state index is 0.0260. The molecule has 2 aliphatic heterocycles. The van der Waals surface area contributed by atoms with Crippen LogP contribution in [0.4, 0.5) is 4.79 Å². The maximum absolute atomic E-state index is 13.9. The standard InChI is InChI=1S/C32H32N4O9S/c1-31(2)26(29(40)43-17-20-9-5-3-6-10-20)36-28(39)25(32(36,34-19-37)46(31)42)35-27(38)24(33)22-13-15-23(16-14-22)45-30(41)44-18-21-11-7-4-8-12-21/h3-16,19,24-26H,17-18,33H2,1-2H3,(H,34,37)(H,35,38)/t24?,25-,26+,32?,46?/m1/s1. The molecule has 0 radical (unpaired) electrons. The number of carbonyl (C=O) groups is 5. The van der Waals surface area contributed by atoms with E-state index >= 15 is 0 Å². The fraction of sp³-hybridized carbons (Fsp3) is 0.281. The smallest absolute Gasteiger partial charge is 0.459 e. The molecule has 4 N–H and O–H groups in total. The minimum Gasteiger partial charge on any atom is -0.459 e. The molecule has 2 heterocycles. The van der Waals surface area contributed by atoms with Crippen LogP contribution < -0.4 is 21.1 Å². The van der Waals surface area contributed by atoms with E-state index in [1.165, 1.54) is 38.1 Å². The monoisotopic (exact) mass is 648 g/mol. The largest absolute Gasteiger partial charge is 0.514 e. The van der Waals surface area contributed by atoms with Gasteiger partial charge in [0.05, 0.1) is 15.5 Å². The third-order valence-electron chi connectivity index (χ3n) is 7.83. The highest BCUT2D eigenvalue weighted by atomic mass is 32.2. The van der Waals surface area contributed by atoms with E-state index in [9.17, 15) is 28.2 Å². The van der Waals surface area contributed by atoms with Crippen molar-refractivity contribution in [1.82, 2.24) is 15.5 Å². The van der Waals surface area contributed by atoms with Gasteiger partial charge in [-0.05, 0) is 42.7 Å². The van der Waals surface area contributed by atoms with Gasteiger partial charge >= 0.3 is 12.1 Å². The van der Waals surface area contributed by atoms with Gasteiger partial charge in [-0.15, -0.1) is 0 Å². The molecule has 0 aromatic heterocycles. The SMILES string of the molecule is CC1(C)[C@H](C(=O)OCc2ccccc2)N2C(=O)[C@@H](NC(=O)C(N)c3ccc(OC(=O)OCc4ccccc4)cc3)C2(NC=O)S1=O. The molecular weight excluding hydrogens is 616 g/mol. The number of nitrogens with zero attached hydrogens (tertiary/aromatic N) is 1. The number of esters is 1. The minimum atomic E-state index is -2.08. The second-order valence-electron chi connectivity index (χ2n) is 11.1. The summed E-state index contributed by atoms with van der Waals surface area (Å²) in [4.78, 5) is 62.8. The van der Waals surface area contributed by atoms with Crippen molar-refractivity contribution in [3.05, 3.63) is 102 Å². The van der Waals surface area contributed by atoms with E-state index in [-0.39, 0.29) is 25.4 Å². The molecule has 0 saturated carbocycles. The lowest BCUT2D eigenvalue weighted by atomic mass is 9.92. The van der Waals surface area contributed by atoms with Crippen molar-refractivity contribution in [3.8, 4) is 5.75 Å². The fourth-order valence-corrected chi connectivity index (χ4v) is 7.60. The highest BCUT2D eigenvalue weighted by Gasteiger charge is 2.78. The molecule has 46 heavy (non-hydrogen) atoms. The first-order valence-electron chi connectivity index (χ1n) is 14.2. The van der Waals surface area contributed by atoms with Crippen molar-refractivity contribution in [2.24, 2.45) is 5.73 Å². The molecule has 3 unspecified atom stereocenters. The number of nitrogens with one attached hydrogen (secondary N) is 2. The Morgan fingerprint density at radius 2 is 1.50 bits per heavy atom. The number of nitrogens with two attached hydrogens (primary N) is 1. The topological polar surface area (TPSA) is 183 Å². The third kappa shape index (κ3) is 5.96. The zero-order valence-corrected chi connectivity index (χ0v) is 25.7. The quantitative estimate of drug-likeness (QED) is 0.120. The predicted octanol–water partition coefficient (Wildman–Crippen LogP) is 1.78. The van der Waals surface area contributed by atoms with Crippen LogP contribution in [0.15, 0.2) is 84.9 Å². The molecule has 13 nitrogen and oxygen atoms in total. The fourth-order valence-electron chi connectivity index (χ4n) is 5.49. The molecule has 240 valence electrons. The Bertz CT molecular complexity index is 1650. The van der Waals surface area contributed by atoms with Crippen LogP contribution in [-0.2, 0) is 52.7 Å². The predicted molar refractivity (Wildman–Crippen MR) is 164 cm³/mol. The van der Waals surface area contributed by atoms with Crippen LogP contribution in [0.25, 0.3) is 0 Å². The van der Waals surface area contributed by atoms with Crippen LogP contribution in [0.5, 0.6) is 5.75 Å². The summed E-state index contributed by atoms with van der Waals surface area (Å²) in [5.74, 6) is -2.22. The van der Waals surface area contributed by atoms with Gasteiger partial charge in [-0.3, -0.25) is 23.5 Å². The molecule has 0 aliphatic carbocycles. The van der Waals surface area contributed by atoms with Crippen molar-refractivity contribution in [3.63, 3.8) is 0 Å². The van der Waals surface area contributed by atoms with E-state index in [0.29, 0.717) is 11.1 Å².